The van der Waals surface area contributed by atoms with E-state index in [4.69, 9.17) is 66.3 Å². The second-order valence-electron chi connectivity index (χ2n) is 30.0. The van der Waals surface area contributed by atoms with Crippen molar-refractivity contribution in [1.29, 1.82) is 0 Å². The maximum absolute atomic E-state index is 14.5. The molecule has 7 heterocycles. The van der Waals surface area contributed by atoms with Crippen molar-refractivity contribution in [3.05, 3.63) is 23.8 Å². The van der Waals surface area contributed by atoms with E-state index < -0.39 is 251 Å². The molecule has 1 spiro atoms. The highest BCUT2D eigenvalue weighted by Crippen LogP contribution is 2.75. The Balaban J connectivity index is 0.835. The molecule has 36 atom stereocenters. The number of allylic oxidation sites excluding steroid dienone is 3. The van der Waals surface area contributed by atoms with Crippen molar-refractivity contribution in [3.8, 4) is 0 Å². The van der Waals surface area contributed by atoms with Gasteiger partial charge in [0.1, 0.15) is 146 Å². The molecular weight excluding hydrogens is 1290 g/mol. The first-order chi connectivity index (χ1) is 45.8. The van der Waals surface area contributed by atoms with Crippen molar-refractivity contribution in [3.63, 3.8) is 0 Å². The number of fused-ring (bicyclic) bond motifs is 4. The summed E-state index contributed by atoms with van der Waals surface area (Å²) in [4.78, 5) is 29.0. The largest absolute Gasteiger partial charge is 0.458 e. The van der Waals surface area contributed by atoms with Crippen LogP contribution in [0.2, 0.25) is 0 Å². The Kier molecular flexibility index (Phi) is 22.7. The molecule has 0 amide bonds. The average molecular weight is 1400 g/mol. The number of hydrogen-bond acceptors (Lipinski definition) is 32. The van der Waals surface area contributed by atoms with Gasteiger partial charge in [-0.3, -0.25) is 9.59 Å². The molecule has 0 bridgehead atoms. The van der Waals surface area contributed by atoms with Crippen LogP contribution in [0.5, 0.6) is 0 Å². The van der Waals surface area contributed by atoms with Crippen LogP contribution in [0.4, 0.5) is 0 Å². The van der Waals surface area contributed by atoms with Crippen LogP contribution in [-0.4, -0.2) is 324 Å². The Morgan fingerprint density at radius 3 is 1.72 bits per heavy atom. The molecule has 97 heavy (non-hydrogen) atoms. The first kappa shape index (κ1) is 75.6. The van der Waals surface area contributed by atoms with Crippen LogP contribution in [0.1, 0.15) is 99.3 Å². The molecule has 0 aromatic rings. The molecule has 16 N–H and O–H groups in total. The van der Waals surface area contributed by atoms with Gasteiger partial charge in [-0.15, -0.1) is 6.58 Å². The number of ketones is 1. The van der Waals surface area contributed by atoms with E-state index >= 15 is 0 Å². The molecule has 0 aromatic carbocycles. The predicted molar refractivity (Wildman–Crippen MR) is 321 cm³/mol. The van der Waals surface area contributed by atoms with E-state index in [0.29, 0.717) is 38.5 Å². The van der Waals surface area contributed by atoms with Gasteiger partial charge in [0.2, 0.25) is 0 Å². The molecule has 10 fully saturated rings. The van der Waals surface area contributed by atoms with E-state index in [-0.39, 0.29) is 30.0 Å². The van der Waals surface area contributed by atoms with Crippen LogP contribution in [0.3, 0.4) is 0 Å². The Bertz CT molecular complexity index is 2780. The fourth-order valence-electron chi connectivity index (χ4n) is 18.5. The zero-order valence-electron chi connectivity index (χ0n) is 55.6. The smallest absolute Gasteiger partial charge is 0.314 e. The molecule has 7 aliphatic heterocycles. The zero-order valence-corrected chi connectivity index (χ0v) is 55.6. The number of carbonyl (C=O) groups is 2. The topological polar surface area (TPSA) is 487 Å². The summed E-state index contributed by atoms with van der Waals surface area (Å²) in [5, 5.41) is 177. The highest BCUT2D eigenvalue weighted by Gasteiger charge is 2.79. The van der Waals surface area contributed by atoms with Crippen molar-refractivity contribution in [2.75, 3.05) is 46.8 Å². The normalized spacial score (nSPS) is 52.1. The Morgan fingerprint density at radius 2 is 1.09 bits per heavy atom. The number of ether oxygens (including phenoxy) is 14. The summed E-state index contributed by atoms with van der Waals surface area (Å²) in [5.41, 5.74) is -1.71. The molecule has 11 rings (SSSR count). The summed E-state index contributed by atoms with van der Waals surface area (Å²) in [5.74, 6) is -1.10. The zero-order chi connectivity index (χ0) is 70.5. The fraction of sp³-hybridized carbons (Fsp3) is 0.908. The van der Waals surface area contributed by atoms with Gasteiger partial charge in [-0.2, -0.15) is 0 Å². The number of cyclic esters (lactones) is 1. The lowest BCUT2D eigenvalue weighted by molar-refractivity contribution is -0.396. The summed E-state index contributed by atoms with van der Waals surface area (Å²) in [6.45, 7) is 11.7. The summed E-state index contributed by atoms with van der Waals surface area (Å²) in [6.07, 6.45) is -43.3. The van der Waals surface area contributed by atoms with Crippen LogP contribution in [-0.2, 0) is 75.9 Å². The fourth-order valence-corrected chi connectivity index (χ4v) is 18.5. The third-order valence-corrected chi connectivity index (χ3v) is 23.8. The van der Waals surface area contributed by atoms with Crippen LogP contribution in [0.25, 0.3) is 0 Å². The molecule has 554 valence electrons. The van der Waals surface area contributed by atoms with Crippen molar-refractivity contribution in [2.24, 2.45) is 39.4 Å². The minimum atomic E-state index is -2.15. The summed E-state index contributed by atoms with van der Waals surface area (Å²) >= 11 is 0. The predicted octanol–water partition coefficient (Wildman–Crippen LogP) is -4.95. The number of methoxy groups -OCH3 is 1. The maximum Gasteiger partial charge on any atom is 0.314 e. The van der Waals surface area contributed by atoms with Gasteiger partial charge in [-0.25, -0.2) is 0 Å². The molecule has 0 radical (unpaired) electrons. The number of aliphatic hydroxyl groups is 16. The number of Topliss-reactive ketones (excluding diaryl/α,β-unsaturated/α-hetero) is 1. The molecule has 3 saturated carbocycles. The first-order valence-electron chi connectivity index (χ1n) is 33.8. The Labute approximate surface area is 560 Å². The van der Waals surface area contributed by atoms with Gasteiger partial charge in [0.15, 0.2) is 37.7 Å². The van der Waals surface area contributed by atoms with Crippen LogP contribution in [0, 0.1) is 39.4 Å². The van der Waals surface area contributed by atoms with E-state index in [2.05, 4.69) is 40.3 Å². The van der Waals surface area contributed by atoms with E-state index in [9.17, 15) is 91.3 Å². The Morgan fingerprint density at radius 1 is 0.557 bits per heavy atom. The standard InChI is InChI=1S/C65H102O32/c1-25(2)10-9-15-64(7)53-28(70)18-63(6)27-11-12-35-61(3,4)36(14-16-62(35,5)26(27)13-17-65(53,63)60(83)97-64)92-59-52(40(75)34(24-86-59)91-57-47(82)51(39(74)32(21-68)88-57)95-55-43(78)41(76)37(72)30(19-66)87-55)96-56-44(79)42(77)49(33(22-69)90-56)94-54-45(80)48(29(71)23-85-54)93-58-46(81)50(84-8)38(73)31(20-67)89-58/h13,27,29-59,66-69,71-82H,1,9-12,14-24H2,2-8H3/t27?,29?,30?,31?,32?,33?,34?,35?,36-,37?,38?,39?,40-,41-,42+,43?,44?,45?,46?,47?,48-,49?,50-,51-,52?,53?,54-,55-,56-,57-,58-,59-,62+,63?,64+,65?/m0/s1. The van der Waals surface area contributed by atoms with E-state index in [1.54, 1.807) is 0 Å². The van der Waals surface area contributed by atoms with Gasteiger partial charge in [-0.05, 0) is 93.3 Å². The Hall–Kier alpha value is -2.54. The minimum absolute atomic E-state index is 0.0405. The molecule has 4 aliphatic carbocycles. The van der Waals surface area contributed by atoms with Crippen molar-refractivity contribution in [2.45, 2.75) is 283 Å². The van der Waals surface area contributed by atoms with Gasteiger partial charge in [0.25, 0.3) is 0 Å². The second kappa shape index (κ2) is 29.2. The lowest BCUT2D eigenvalue weighted by Gasteiger charge is -2.63. The maximum atomic E-state index is 14.5. The highest BCUT2D eigenvalue weighted by atomic mass is 16.8. The van der Waals surface area contributed by atoms with Gasteiger partial charge in [0, 0.05) is 13.5 Å². The second-order valence-corrected chi connectivity index (χ2v) is 30.0. The lowest BCUT2D eigenvalue weighted by atomic mass is 9.41. The third-order valence-electron chi connectivity index (χ3n) is 23.8. The SMILES string of the molecule is C=C(C)CCC[C@@]1(C)OC(=O)C23CC=C4C(CCC5C(C)(C)[C@@H](O[C@@H]6OCC(O[C@@H]7OC(CO)C(O)[C@H](O[C@@H]8OC(CO)C(O)[C@H](O)C8O)C7O)[C@H](O)C6O[C@@H]6OC(CO)C(O[C@@H]7OCC(O)[C@H](O[C@@H]8OC(CO)C(O)[C@H](OC)C8O)C7O)[C@H](O)C6O)CC[C@]45C)C2(C)CC(=O)C31. The highest BCUT2D eigenvalue weighted by molar-refractivity contribution is 5.99. The van der Waals surface area contributed by atoms with E-state index in [1.165, 1.54) is 12.7 Å². The van der Waals surface area contributed by atoms with Gasteiger partial charge in [0.05, 0.1) is 57.1 Å². The molecule has 11 aliphatic rings. The number of esters is 1. The van der Waals surface area contributed by atoms with E-state index in [0.717, 1.165) is 18.4 Å². The molecule has 7 saturated heterocycles. The van der Waals surface area contributed by atoms with Gasteiger partial charge in [-0.1, -0.05) is 44.9 Å². The van der Waals surface area contributed by atoms with Crippen LogP contribution >= 0.6 is 0 Å². The number of aliphatic hydroxyl groups excluding tert-OH is 16. The third kappa shape index (κ3) is 13.1. The number of hydrogen-bond donors (Lipinski definition) is 16. The summed E-state index contributed by atoms with van der Waals surface area (Å²) < 4.78 is 83.7. The van der Waals surface area contributed by atoms with Gasteiger partial charge >= 0.3 is 5.97 Å². The van der Waals surface area contributed by atoms with Crippen molar-refractivity contribution >= 4 is 11.8 Å². The lowest BCUT2D eigenvalue weighted by Crippen LogP contribution is -2.67. The van der Waals surface area contributed by atoms with E-state index in [1.807, 2.05) is 13.8 Å². The summed E-state index contributed by atoms with van der Waals surface area (Å²) in [7, 11) is 1.18. The molecule has 0 aromatic heterocycles. The first-order valence-corrected chi connectivity index (χ1v) is 33.8. The minimum Gasteiger partial charge on any atom is -0.458 e. The molecular formula is C65H102O32. The molecule has 21 unspecified atom stereocenters. The number of carbonyl (C=O) groups excluding carboxylic acids is 2. The summed E-state index contributed by atoms with van der Waals surface area (Å²) in [6, 6.07) is 0. The monoisotopic (exact) mass is 1390 g/mol. The number of rotatable bonds is 21. The van der Waals surface area contributed by atoms with Gasteiger partial charge < -0.3 is 148 Å². The van der Waals surface area contributed by atoms with Crippen molar-refractivity contribution < 1.29 is 158 Å². The van der Waals surface area contributed by atoms with Crippen molar-refractivity contribution in [1.82, 2.24) is 0 Å². The average Bonchev–Trinajstić information content (AvgIpc) is 1.52. The molecule has 32 heteroatoms. The van der Waals surface area contributed by atoms with Crippen LogP contribution < -0.4 is 0 Å². The quantitative estimate of drug-likeness (QED) is 0.0291. The molecule has 32 nitrogen and oxygen atoms in total. The van der Waals surface area contributed by atoms with Crippen LogP contribution in [0.15, 0.2) is 23.8 Å².